The average Bonchev–Trinajstić information content (AvgIpc) is 2.43. The Morgan fingerprint density at radius 1 is 1.10 bits per heavy atom. The molecule has 0 aliphatic rings. The van der Waals surface area contributed by atoms with E-state index >= 15 is 0 Å². The van der Waals surface area contributed by atoms with Crippen LogP contribution in [0.15, 0.2) is 29.2 Å². The summed E-state index contributed by atoms with van der Waals surface area (Å²) in [7, 11) is -3.76. The van der Waals surface area contributed by atoms with Crippen LogP contribution in [0, 0.1) is 0 Å². The number of carboxylic acids is 1. The van der Waals surface area contributed by atoms with Gasteiger partial charge in [-0.05, 0) is 26.0 Å². The highest BCUT2D eigenvalue weighted by atomic mass is 32.2. The van der Waals surface area contributed by atoms with Crippen molar-refractivity contribution in [1.82, 2.24) is 0 Å². The molecule has 0 fully saturated rings. The molecule has 0 aromatic heterocycles. The molecule has 0 aliphatic carbocycles. The molecule has 1 atom stereocenters. The van der Waals surface area contributed by atoms with Gasteiger partial charge in [0.2, 0.25) is 0 Å². The van der Waals surface area contributed by atoms with Crippen LogP contribution in [0.4, 0.5) is 0 Å². The minimum Gasteiger partial charge on any atom is -0.481 e. The third-order valence-electron chi connectivity index (χ3n) is 3.11. The Labute approximate surface area is 122 Å². The summed E-state index contributed by atoms with van der Waals surface area (Å²) in [6.45, 7) is 2.51. The number of Topliss-reactive ketones (excluding diaryl/α,β-unsaturated/α-hetero) is 2. The molecule has 0 spiro atoms. The highest BCUT2D eigenvalue weighted by Crippen LogP contribution is 2.18. The maximum absolute atomic E-state index is 12.1. The molecule has 0 saturated heterocycles. The van der Waals surface area contributed by atoms with Gasteiger partial charge in [-0.25, -0.2) is 8.42 Å². The van der Waals surface area contributed by atoms with Gasteiger partial charge in [-0.2, -0.15) is 0 Å². The molecule has 1 aromatic rings. The molecule has 0 saturated carbocycles. The summed E-state index contributed by atoms with van der Waals surface area (Å²) in [5.74, 6) is -1.91. The first-order valence-corrected chi connectivity index (χ1v) is 7.80. The number of rotatable bonds is 7. The first kappa shape index (κ1) is 17.0. The Bertz CT molecular complexity index is 657. The van der Waals surface area contributed by atoms with Crippen molar-refractivity contribution in [2.24, 2.45) is 0 Å². The highest BCUT2D eigenvalue weighted by Gasteiger charge is 2.27. The SMILES string of the molecule is CC(=O)C(C)S(=O)(=O)c1ccc(C(=O)CCC(=O)O)cc1. The van der Waals surface area contributed by atoms with Gasteiger partial charge in [0.05, 0.1) is 11.3 Å². The standard InChI is InChI=1S/C14H16O6S/c1-9(15)10(2)21(19,20)12-5-3-11(4-6-12)13(16)7-8-14(17)18/h3-6,10H,7-8H2,1-2H3,(H,17,18). The summed E-state index contributed by atoms with van der Waals surface area (Å²) in [6.07, 6.45) is -0.425. The van der Waals surface area contributed by atoms with E-state index in [0.717, 1.165) is 0 Å². The quantitative estimate of drug-likeness (QED) is 0.765. The summed E-state index contributed by atoms with van der Waals surface area (Å²) in [6, 6.07) is 5.15. The minimum absolute atomic E-state index is 0.0417. The van der Waals surface area contributed by atoms with Gasteiger partial charge < -0.3 is 5.11 Å². The van der Waals surface area contributed by atoms with Crippen LogP contribution >= 0.6 is 0 Å². The van der Waals surface area contributed by atoms with Gasteiger partial charge in [-0.3, -0.25) is 14.4 Å². The summed E-state index contributed by atoms with van der Waals surface area (Å²) in [4.78, 5) is 33.2. The number of carboxylic acid groups (broad SMARTS) is 1. The van der Waals surface area contributed by atoms with E-state index in [1.165, 1.54) is 38.1 Å². The number of hydrogen-bond acceptors (Lipinski definition) is 5. The van der Waals surface area contributed by atoms with Crippen molar-refractivity contribution < 1.29 is 27.9 Å². The van der Waals surface area contributed by atoms with Gasteiger partial charge in [-0.1, -0.05) is 12.1 Å². The third-order valence-corrected chi connectivity index (χ3v) is 5.30. The van der Waals surface area contributed by atoms with E-state index in [0.29, 0.717) is 0 Å². The highest BCUT2D eigenvalue weighted by molar-refractivity contribution is 7.92. The van der Waals surface area contributed by atoms with Crippen molar-refractivity contribution in [2.75, 3.05) is 0 Å². The molecular weight excluding hydrogens is 296 g/mol. The lowest BCUT2D eigenvalue weighted by Gasteiger charge is -2.10. The van der Waals surface area contributed by atoms with E-state index in [2.05, 4.69) is 0 Å². The zero-order valence-electron chi connectivity index (χ0n) is 11.7. The van der Waals surface area contributed by atoms with Crippen LogP contribution in [-0.2, 0) is 19.4 Å². The molecule has 1 aromatic carbocycles. The minimum atomic E-state index is -3.76. The Hall–Kier alpha value is -2.02. The Morgan fingerprint density at radius 2 is 1.62 bits per heavy atom. The number of carbonyl (C=O) groups excluding carboxylic acids is 2. The lowest BCUT2D eigenvalue weighted by atomic mass is 10.1. The van der Waals surface area contributed by atoms with Crippen molar-refractivity contribution in [3.05, 3.63) is 29.8 Å². The molecule has 0 heterocycles. The second kappa shape index (κ2) is 6.62. The fraction of sp³-hybridized carbons (Fsp3) is 0.357. The van der Waals surface area contributed by atoms with Crippen LogP contribution in [0.3, 0.4) is 0 Å². The van der Waals surface area contributed by atoms with Gasteiger partial charge in [0, 0.05) is 12.0 Å². The first-order valence-electron chi connectivity index (χ1n) is 6.25. The zero-order chi connectivity index (χ0) is 16.2. The number of benzene rings is 1. The summed E-state index contributed by atoms with van der Waals surface area (Å²) in [5, 5.41) is 7.36. The molecule has 7 heteroatoms. The largest absolute Gasteiger partial charge is 0.481 e. The van der Waals surface area contributed by atoms with Crippen LogP contribution in [-0.4, -0.2) is 36.3 Å². The number of aliphatic carboxylic acids is 1. The van der Waals surface area contributed by atoms with Crippen LogP contribution < -0.4 is 0 Å². The second-order valence-corrected chi connectivity index (χ2v) is 6.91. The van der Waals surface area contributed by atoms with Crippen LogP contribution in [0.2, 0.25) is 0 Å². The van der Waals surface area contributed by atoms with Crippen molar-refractivity contribution in [1.29, 1.82) is 0 Å². The lowest BCUT2D eigenvalue weighted by Crippen LogP contribution is -2.25. The van der Waals surface area contributed by atoms with Crippen molar-refractivity contribution in [3.8, 4) is 0 Å². The molecule has 1 unspecified atom stereocenters. The average molecular weight is 312 g/mol. The van der Waals surface area contributed by atoms with Crippen molar-refractivity contribution >= 4 is 27.4 Å². The molecule has 0 aliphatic heterocycles. The number of hydrogen-bond donors (Lipinski definition) is 1. The van der Waals surface area contributed by atoms with E-state index in [-0.39, 0.29) is 29.1 Å². The maximum atomic E-state index is 12.1. The smallest absolute Gasteiger partial charge is 0.303 e. The third kappa shape index (κ3) is 4.22. The van der Waals surface area contributed by atoms with Gasteiger partial charge in [0.25, 0.3) is 0 Å². The zero-order valence-corrected chi connectivity index (χ0v) is 12.5. The number of ketones is 2. The van der Waals surface area contributed by atoms with E-state index < -0.39 is 26.8 Å². The van der Waals surface area contributed by atoms with Crippen LogP contribution in [0.5, 0.6) is 0 Å². The lowest BCUT2D eigenvalue weighted by molar-refractivity contribution is -0.137. The van der Waals surface area contributed by atoms with Gasteiger partial charge >= 0.3 is 5.97 Å². The molecule has 6 nitrogen and oxygen atoms in total. The second-order valence-electron chi connectivity index (χ2n) is 4.64. The number of sulfone groups is 1. The van der Waals surface area contributed by atoms with E-state index in [9.17, 15) is 22.8 Å². The Morgan fingerprint density at radius 3 is 2.05 bits per heavy atom. The molecule has 0 radical (unpaired) electrons. The summed E-state index contributed by atoms with van der Waals surface area (Å²) >= 11 is 0. The molecule has 1 rings (SSSR count). The van der Waals surface area contributed by atoms with Crippen molar-refractivity contribution in [2.45, 2.75) is 36.8 Å². The molecule has 0 amide bonds. The van der Waals surface area contributed by atoms with E-state index in [4.69, 9.17) is 5.11 Å². The van der Waals surface area contributed by atoms with Crippen LogP contribution in [0.25, 0.3) is 0 Å². The topological polar surface area (TPSA) is 106 Å². The first-order chi connectivity index (χ1) is 9.66. The van der Waals surface area contributed by atoms with Crippen molar-refractivity contribution in [3.63, 3.8) is 0 Å². The predicted molar refractivity (Wildman–Crippen MR) is 75.0 cm³/mol. The molecule has 21 heavy (non-hydrogen) atoms. The van der Waals surface area contributed by atoms with Gasteiger partial charge in [-0.15, -0.1) is 0 Å². The van der Waals surface area contributed by atoms with E-state index in [1.807, 2.05) is 0 Å². The monoisotopic (exact) mass is 312 g/mol. The molecule has 0 bridgehead atoms. The molecule has 114 valence electrons. The van der Waals surface area contributed by atoms with E-state index in [1.54, 1.807) is 0 Å². The number of carbonyl (C=O) groups is 3. The fourth-order valence-corrected chi connectivity index (χ4v) is 2.98. The van der Waals surface area contributed by atoms with Gasteiger partial charge in [0.15, 0.2) is 15.6 Å². The summed E-state index contributed by atoms with van der Waals surface area (Å²) < 4.78 is 24.2. The Balaban J connectivity index is 2.95. The molecular formula is C14H16O6S. The van der Waals surface area contributed by atoms with Gasteiger partial charge in [0.1, 0.15) is 11.0 Å². The molecule has 1 N–H and O–H groups in total. The summed E-state index contributed by atoms with van der Waals surface area (Å²) in [5.41, 5.74) is 0.241. The predicted octanol–water partition coefficient (Wildman–Crippen LogP) is 1.49. The maximum Gasteiger partial charge on any atom is 0.303 e. The van der Waals surface area contributed by atoms with Crippen LogP contribution in [0.1, 0.15) is 37.0 Å². The fourth-order valence-electron chi connectivity index (χ4n) is 1.62. The normalized spacial score (nSPS) is 12.7. The Kier molecular flexibility index (Phi) is 5.37.